The third-order valence-electron chi connectivity index (χ3n) is 9.47. The second-order valence-electron chi connectivity index (χ2n) is 12.4. The number of amides is 1. The van der Waals surface area contributed by atoms with Crippen molar-refractivity contribution in [2.45, 2.75) is 102 Å². The molecule has 2 fully saturated rings. The van der Waals surface area contributed by atoms with Gasteiger partial charge in [-0.1, -0.05) is 102 Å². The Hall–Kier alpha value is -1.62. The Morgan fingerprint density at radius 1 is 0.976 bits per heavy atom. The van der Waals surface area contributed by atoms with Crippen LogP contribution in [-0.2, 0) is 21.8 Å². The minimum Gasteiger partial charge on any atom is -0.480 e. The topological polar surface area (TPSA) is 66.4 Å². The van der Waals surface area contributed by atoms with Crippen molar-refractivity contribution in [2.75, 3.05) is 12.0 Å². The van der Waals surface area contributed by atoms with E-state index in [2.05, 4.69) is 36.5 Å². The van der Waals surface area contributed by atoms with Gasteiger partial charge >= 0.3 is 5.97 Å². The van der Waals surface area contributed by atoms with Crippen molar-refractivity contribution >= 4 is 42.8 Å². The fourth-order valence-electron chi connectivity index (χ4n) is 7.18. The van der Waals surface area contributed by atoms with Gasteiger partial charge in [0, 0.05) is 10.7 Å². The molecule has 7 heteroatoms. The van der Waals surface area contributed by atoms with Crippen molar-refractivity contribution in [3.05, 3.63) is 59.2 Å². The number of hydrogen-bond donors (Lipinski definition) is 2. The number of aryl methyl sites for hydroxylation is 1. The van der Waals surface area contributed by atoms with Crippen molar-refractivity contribution in [1.82, 2.24) is 5.32 Å². The molecule has 1 unspecified atom stereocenters. The Bertz CT molecular complexity index is 1170. The third-order valence-corrected chi connectivity index (χ3v) is 12.7. The summed E-state index contributed by atoms with van der Waals surface area (Å²) in [5, 5.41) is 12.6. The zero-order chi connectivity index (χ0) is 29.2. The molecule has 2 aliphatic carbocycles. The summed E-state index contributed by atoms with van der Waals surface area (Å²) in [6, 6.07) is 13.7. The van der Waals surface area contributed by atoms with Gasteiger partial charge in [0.2, 0.25) is 0 Å². The van der Waals surface area contributed by atoms with Gasteiger partial charge in [0.25, 0.3) is 5.91 Å². The van der Waals surface area contributed by atoms with Crippen LogP contribution >= 0.6 is 19.1 Å². The molecule has 4 nitrogen and oxygen atoms in total. The molecular formula is C34H48NO3PS2. The highest BCUT2D eigenvalue weighted by Gasteiger charge is 2.36. The Morgan fingerprint density at radius 2 is 1.59 bits per heavy atom. The van der Waals surface area contributed by atoms with Gasteiger partial charge in [0.1, 0.15) is 6.04 Å². The van der Waals surface area contributed by atoms with E-state index in [-0.39, 0.29) is 18.4 Å². The van der Waals surface area contributed by atoms with Crippen LogP contribution in [-0.4, -0.2) is 35.0 Å². The molecule has 4 rings (SSSR count). The Labute approximate surface area is 257 Å². The predicted octanol–water partition coefficient (Wildman–Crippen LogP) is 8.61. The molecule has 2 atom stereocenters. The highest BCUT2D eigenvalue weighted by molar-refractivity contribution is 7.98. The van der Waals surface area contributed by atoms with Crippen LogP contribution in [0.25, 0.3) is 11.1 Å². The molecule has 41 heavy (non-hydrogen) atoms. The lowest BCUT2D eigenvalue weighted by molar-refractivity contribution is -0.139. The quantitative estimate of drug-likeness (QED) is 0.222. The maximum atomic E-state index is 13.7. The first-order chi connectivity index (χ1) is 19.9. The minimum atomic E-state index is -0.991. The van der Waals surface area contributed by atoms with Gasteiger partial charge < -0.3 is 10.4 Å². The minimum absolute atomic E-state index is 0.00621. The van der Waals surface area contributed by atoms with Crippen LogP contribution in [0.5, 0.6) is 0 Å². The monoisotopic (exact) mass is 613 g/mol. The molecule has 2 N–H and O–H groups in total. The number of benzene rings is 2. The number of carbonyl (C=O) groups excluding carboxylic acids is 1. The Kier molecular flexibility index (Phi) is 12.4. The van der Waals surface area contributed by atoms with Gasteiger partial charge in [-0.25, -0.2) is 4.79 Å². The van der Waals surface area contributed by atoms with Crippen LogP contribution in [0.4, 0.5) is 0 Å². The predicted molar refractivity (Wildman–Crippen MR) is 180 cm³/mol. The van der Waals surface area contributed by atoms with Crippen LogP contribution in [0.15, 0.2) is 42.5 Å². The largest absolute Gasteiger partial charge is 0.480 e. The smallest absolute Gasteiger partial charge is 0.326 e. The van der Waals surface area contributed by atoms with Crippen molar-refractivity contribution in [3.63, 3.8) is 0 Å². The maximum Gasteiger partial charge on any atom is 0.326 e. The van der Waals surface area contributed by atoms with Crippen LogP contribution in [0.1, 0.15) is 105 Å². The van der Waals surface area contributed by atoms with Gasteiger partial charge in [-0.3, -0.25) is 4.79 Å². The van der Waals surface area contributed by atoms with E-state index in [1.165, 1.54) is 69.8 Å². The number of carboxylic acids is 1. The lowest BCUT2D eigenvalue weighted by Crippen LogP contribution is -2.41. The van der Waals surface area contributed by atoms with Gasteiger partial charge in [-0.05, 0) is 84.4 Å². The number of carbonyl (C=O) groups is 2. The Balaban J connectivity index is 1.78. The molecule has 0 aliphatic heterocycles. The summed E-state index contributed by atoms with van der Waals surface area (Å²) in [7, 11) is -0.228. The first-order valence-corrected chi connectivity index (χ1v) is 19.4. The summed E-state index contributed by atoms with van der Waals surface area (Å²) >= 11 is 7.72. The highest BCUT2D eigenvalue weighted by Crippen LogP contribution is 2.51. The molecule has 0 saturated heterocycles. The van der Waals surface area contributed by atoms with E-state index in [9.17, 15) is 14.7 Å². The van der Waals surface area contributed by atoms with Crippen LogP contribution in [0.2, 0.25) is 0 Å². The van der Waals surface area contributed by atoms with E-state index >= 15 is 0 Å². The van der Waals surface area contributed by atoms with Gasteiger partial charge in [0.15, 0.2) is 0 Å². The van der Waals surface area contributed by atoms with E-state index < -0.39 is 12.0 Å². The van der Waals surface area contributed by atoms with Gasteiger partial charge in [0.05, 0.1) is 0 Å². The number of rotatable bonds is 13. The van der Waals surface area contributed by atoms with Crippen LogP contribution in [0.3, 0.4) is 0 Å². The lowest BCUT2D eigenvalue weighted by atomic mass is 9.73. The molecule has 2 aliphatic rings. The lowest BCUT2D eigenvalue weighted by Gasteiger charge is -2.40. The van der Waals surface area contributed by atoms with E-state index in [1.54, 1.807) is 11.8 Å². The first-order valence-electron chi connectivity index (χ1n) is 15.6. The second kappa shape index (κ2) is 15.7. The summed E-state index contributed by atoms with van der Waals surface area (Å²) in [5.74, 6) is 0.808. The Morgan fingerprint density at radius 3 is 2.12 bits per heavy atom. The average Bonchev–Trinajstić information content (AvgIpc) is 2.99. The van der Waals surface area contributed by atoms with E-state index in [1.807, 2.05) is 24.5 Å². The highest BCUT2D eigenvalue weighted by atomic mass is 32.4. The van der Waals surface area contributed by atoms with Crippen molar-refractivity contribution in [2.24, 2.45) is 11.8 Å². The first kappa shape index (κ1) is 32.3. The van der Waals surface area contributed by atoms with Crippen molar-refractivity contribution in [1.29, 1.82) is 0 Å². The number of aliphatic carboxylic acids is 1. The molecule has 0 heterocycles. The number of hydrogen-bond acceptors (Lipinski definition) is 4. The molecule has 0 spiro atoms. The molecule has 1 amide bonds. The normalized spacial score (nSPS) is 18.0. The van der Waals surface area contributed by atoms with Crippen molar-refractivity contribution < 1.29 is 14.7 Å². The summed E-state index contributed by atoms with van der Waals surface area (Å²) in [5.41, 5.74) is 4.87. The molecule has 0 aromatic heterocycles. The molecular weight excluding hydrogens is 565 g/mol. The summed E-state index contributed by atoms with van der Waals surface area (Å²) in [6.45, 7) is 2.08. The zero-order valence-corrected chi connectivity index (χ0v) is 27.6. The fraction of sp³-hybridized carbons (Fsp3) is 0.588. The van der Waals surface area contributed by atoms with E-state index in [0.29, 0.717) is 17.7 Å². The number of thioether (sulfide) groups is 1. The molecule has 2 aromatic rings. The molecule has 0 bridgehead atoms. The molecule has 2 saturated carbocycles. The average molecular weight is 614 g/mol. The molecule has 224 valence electrons. The standard InChI is InChI=1S/C34H48NO3PS2/c1-24-11-9-10-16-28(24)30-21-27(17-18-29(30)32(36)35-31(33(37)38)19-20-41-2)34(39-40,22-25-12-5-3-6-13-25)23-26-14-7-4-8-15-26/h9-11,16-18,21,25-26,31H,3-8,12-15,19-20,22-23,39H2,1-2H3,(H,35,36)(H,37,38)/t31-/m0/s1. The van der Waals surface area contributed by atoms with Crippen molar-refractivity contribution in [3.8, 4) is 11.1 Å². The number of nitrogens with one attached hydrogen (secondary N) is 1. The zero-order valence-electron chi connectivity index (χ0n) is 24.8. The summed E-state index contributed by atoms with van der Waals surface area (Å²) < 4.78 is 0. The SMILES string of the molecule is CSCC[C@H](NC(=O)c1ccc(C(CC2CCCCC2)(CC2CCCCC2)[PH2]=S)cc1-c1ccccc1C)C(=O)O. The van der Waals surface area contributed by atoms with E-state index in [0.717, 1.165) is 41.4 Å². The van der Waals surface area contributed by atoms with Gasteiger partial charge in [-0.2, -0.15) is 11.8 Å². The fourth-order valence-corrected chi connectivity index (χ4v) is 9.81. The van der Waals surface area contributed by atoms with Crippen LogP contribution < -0.4 is 5.32 Å². The molecule has 0 radical (unpaired) electrons. The number of carboxylic acid groups (broad SMARTS) is 1. The third kappa shape index (κ3) is 8.48. The van der Waals surface area contributed by atoms with Crippen LogP contribution in [0, 0.1) is 18.8 Å². The van der Waals surface area contributed by atoms with E-state index in [4.69, 9.17) is 11.8 Å². The summed E-state index contributed by atoms with van der Waals surface area (Å²) in [4.78, 5) is 25.6. The summed E-state index contributed by atoms with van der Waals surface area (Å²) in [6.07, 6.45) is 17.9. The van der Waals surface area contributed by atoms with Gasteiger partial charge in [-0.15, -0.1) is 11.8 Å². The molecule has 2 aromatic carbocycles. The second-order valence-corrected chi connectivity index (χ2v) is 15.4. The maximum absolute atomic E-state index is 13.7.